The van der Waals surface area contributed by atoms with Crippen LogP contribution in [0.5, 0.6) is 11.6 Å². The summed E-state index contributed by atoms with van der Waals surface area (Å²) in [6, 6.07) is 20.6. The number of hydrogen-bond donors (Lipinski definition) is 3. The minimum Gasteiger partial charge on any atom is -0.489 e. The van der Waals surface area contributed by atoms with E-state index in [1.54, 1.807) is 18.5 Å². The number of nitrogens with one attached hydrogen (secondary N) is 3. The lowest BCUT2D eigenvalue weighted by atomic mass is 9.59. The van der Waals surface area contributed by atoms with Gasteiger partial charge < -0.3 is 43.9 Å². The second kappa shape index (κ2) is 19.5. The Morgan fingerprint density at radius 2 is 1.74 bits per heavy atom. The zero-order chi connectivity index (χ0) is 51.7. The quantitative estimate of drug-likeness (QED) is 0.0905. The molecule has 0 bridgehead atoms. The van der Waals surface area contributed by atoms with Gasteiger partial charge in [0.15, 0.2) is 11.4 Å². The second-order valence-corrected chi connectivity index (χ2v) is 23.3. The Labute approximate surface area is 440 Å². The van der Waals surface area contributed by atoms with Gasteiger partial charge in [-0.2, -0.15) is 4.98 Å². The number of carbonyl (C=O) groups is 1. The third-order valence-corrected chi connectivity index (χ3v) is 18.6. The molecule has 20 nitrogen and oxygen atoms in total. The first kappa shape index (κ1) is 48.6. The van der Waals surface area contributed by atoms with Crippen LogP contribution in [0.3, 0.4) is 0 Å². The highest BCUT2D eigenvalue weighted by molar-refractivity contribution is 7.90. The molecule has 3 aromatic heterocycles. The van der Waals surface area contributed by atoms with Gasteiger partial charge >= 0.3 is 0 Å². The molecule has 6 aliphatic heterocycles. The summed E-state index contributed by atoms with van der Waals surface area (Å²) in [4.78, 5) is 52.9. The maximum absolute atomic E-state index is 14.9. The number of ether oxygens (including phenoxy) is 4. The summed E-state index contributed by atoms with van der Waals surface area (Å²) in [5, 5.41) is 16.7. The molecule has 7 aliphatic rings. The van der Waals surface area contributed by atoms with Gasteiger partial charge in [-0.05, 0) is 105 Å². The van der Waals surface area contributed by atoms with Crippen LogP contribution in [0.4, 0.5) is 34.3 Å². The number of nitro benzene ring substituents is 1. The number of anilines is 5. The summed E-state index contributed by atoms with van der Waals surface area (Å²) in [6.45, 7) is 8.60. The summed E-state index contributed by atoms with van der Waals surface area (Å²) >= 11 is 0. The molecule has 9 heterocycles. The number of piperazine rings is 1. The van der Waals surface area contributed by atoms with Crippen LogP contribution in [0.1, 0.15) is 72.5 Å². The fraction of sp³-hybridized carbons (Fsp3) is 0.455. The van der Waals surface area contributed by atoms with Crippen LogP contribution in [0.15, 0.2) is 96.4 Å². The standard InChI is InChI=1S/C55H61N11O9S/c1-34-4-2-3-5-40(34)47-31-63(50-30-56-15-16-57-50)19-20-64(47)38-28-55(29-38)12-17-62(18-13-55)37-6-7-41(44(25-37)65-43-11-23-73-33-49(43)75-54-46(65)24-36-8-14-58-52(36)60-54)53(67)61-76(70,71)39-26-45(66(68)69)51-48(27-39)74-32-42(59-51)35-9-21-72-22-10-35/h2-8,14-16,24-27,30,35,38,42-43,47,49,59H,9-13,17-23,28-29,31-33H2,1H3,(H,58,60)(H,61,67)/t42-,43-,47-,49-/m0/s1. The van der Waals surface area contributed by atoms with E-state index in [0.29, 0.717) is 61.8 Å². The van der Waals surface area contributed by atoms with Gasteiger partial charge in [0, 0.05) is 100 Å². The van der Waals surface area contributed by atoms with Gasteiger partial charge in [-0.3, -0.25) is 24.8 Å². The van der Waals surface area contributed by atoms with E-state index in [1.165, 1.54) is 17.2 Å². The lowest BCUT2D eigenvalue weighted by Gasteiger charge is -2.58. The van der Waals surface area contributed by atoms with Crippen LogP contribution in [0, 0.1) is 28.4 Å². The number of hydrogen-bond acceptors (Lipinski definition) is 17. The number of pyridine rings is 1. The van der Waals surface area contributed by atoms with E-state index in [-0.39, 0.29) is 53.1 Å². The maximum atomic E-state index is 14.9. The number of nitro groups is 1. The third kappa shape index (κ3) is 8.89. The number of carbonyl (C=O) groups excluding carboxylic acids is 1. The van der Waals surface area contributed by atoms with Crippen LogP contribution < -0.4 is 34.2 Å². The van der Waals surface area contributed by atoms with Crippen molar-refractivity contribution in [1.82, 2.24) is 29.6 Å². The van der Waals surface area contributed by atoms with Gasteiger partial charge in [-0.1, -0.05) is 24.3 Å². The predicted molar refractivity (Wildman–Crippen MR) is 284 cm³/mol. The van der Waals surface area contributed by atoms with Gasteiger partial charge in [-0.15, -0.1) is 0 Å². The van der Waals surface area contributed by atoms with E-state index in [1.807, 2.05) is 36.7 Å². The Bertz CT molecular complexity index is 3300. The van der Waals surface area contributed by atoms with E-state index in [4.69, 9.17) is 23.9 Å². The molecule has 0 radical (unpaired) electrons. The van der Waals surface area contributed by atoms with Gasteiger partial charge in [0.2, 0.25) is 5.88 Å². The highest BCUT2D eigenvalue weighted by Gasteiger charge is 2.50. The number of fused-ring (bicyclic) bond motifs is 4. The number of nitrogens with zero attached hydrogens (tertiary/aromatic N) is 8. The number of benzene rings is 3. The molecule has 1 aliphatic carbocycles. The van der Waals surface area contributed by atoms with E-state index < -0.39 is 37.5 Å². The van der Waals surface area contributed by atoms with Crippen molar-refractivity contribution >= 4 is 61.2 Å². The molecule has 3 N–H and O–H groups in total. The Morgan fingerprint density at radius 1 is 0.908 bits per heavy atom. The molecular formula is C55H61N11O9S. The Morgan fingerprint density at radius 3 is 2.54 bits per heavy atom. The summed E-state index contributed by atoms with van der Waals surface area (Å²) in [6.07, 6.45) is 13.1. The monoisotopic (exact) mass is 1050 g/mol. The molecule has 1 saturated carbocycles. The lowest BCUT2D eigenvalue weighted by Crippen LogP contribution is -2.60. The Kier molecular flexibility index (Phi) is 12.5. The van der Waals surface area contributed by atoms with Crippen molar-refractivity contribution in [3.05, 3.63) is 118 Å². The number of aromatic nitrogens is 4. The van der Waals surface area contributed by atoms with Gasteiger partial charge in [-0.25, -0.2) is 18.1 Å². The molecule has 76 heavy (non-hydrogen) atoms. The van der Waals surface area contributed by atoms with Crippen LogP contribution in [-0.4, -0.2) is 134 Å². The number of aryl methyl sites for hydroxylation is 1. The molecule has 5 fully saturated rings. The molecule has 1 spiro atoms. The molecule has 396 valence electrons. The number of amides is 1. The van der Waals surface area contributed by atoms with E-state index in [9.17, 15) is 23.3 Å². The van der Waals surface area contributed by atoms with Crippen molar-refractivity contribution in [2.45, 2.75) is 87.0 Å². The Hall–Kier alpha value is -7.07. The molecule has 13 rings (SSSR count). The van der Waals surface area contributed by atoms with Crippen LogP contribution in [-0.2, 0) is 19.5 Å². The predicted octanol–water partition coefficient (Wildman–Crippen LogP) is 7.29. The van der Waals surface area contributed by atoms with E-state index in [0.717, 1.165) is 94.2 Å². The highest BCUT2D eigenvalue weighted by Crippen LogP contribution is 2.54. The molecule has 4 saturated heterocycles. The van der Waals surface area contributed by atoms with Crippen LogP contribution in [0.2, 0.25) is 0 Å². The van der Waals surface area contributed by atoms with E-state index in [2.05, 4.69) is 75.8 Å². The van der Waals surface area contributed by atoms with Crippen molar-refractivity contribution in [2.75, 3.05) is 85.8 Å². The SMILES string of the molecule is Cc1ccccc1[C@@H]1CN(c2cnccn2)CCN1C1CC2(CCN(c3ccc(C(=O)NS(=O)(=O)c4cc5c(c([N+](=O)[O-])c4)N[C@H](C4CCOCC4)CO5)c(N4c5cc6cc[nH]c6nc5O[C@H]5COCC[C@@H]54)c3)CC2)C1. The first-order valence-corrected chi connectivity index (χ1v) is 28.1. The lowest BCUT2D eigenvalue weighted by molar-refractivity contribution is -0.384. The van der Waals surface area contributed by atoms with Crippen LogP contribution >= 0.6 is 0 Å². The summed E-state index contributed by atoms with van der Waals surface area (Å²) in [5.74, 6) is 0.566. The molecule has 6 aromatic rings. The smallest absolute Gasteiger partial charge is 0.297 e. The van der Waals surface area contributed by atoms with Crippen molar-refractivity contribution in [3.63, 3.8) is 0 Å². The number of sulfonamides is 1. The summed E-state index contributed by atoms with van der Waals surface area (Å²) in [5.41, 5.74) is 5.27. The number of H-pyrrole nitrogens is 1. The summed E-state index contributed by atoms with van der Waals surface area (Å²) in [7, 11) is -4.70. The molecular weight excluding hydrogens is 991 g/mol. The molecule has 1 amide bonds. The fourth-order valence-electron chi connectivity index (χ4n) is 13.2. The topological polar surface area (TPSA) is 223 Å². The number of rotatable bonds is 10. The normalized spacial score (nSPS) is 23.8. The van der Waals surface area contributed by atoms with E-state index >= 15 is 0 Å². The van der Waals surface area contributed by atoms with Crippen molar-refractivity contribution in [2.24, 2.45) is 11.3 Å². The highest BCUT2D eigenvalue weighted by atomic mass is 32.2. The van der Waals surface area contributed by atoms with Gasteiger partial charge in [0.1, 0.15) is 29.9 Å². The average molecular weight is 1050 g/mol. The van der Waals surface area contributed by atoms with Gasteiger partial charge in [0.05, 0.1) is 52.0 Å². The second-order valence-electron chi connectivity index (χ2n) is 21.6. The zero-order valence-electron chi connectivity index (χ0n) is 42.3. The third-order valence-electron chi connectivity index (χ3n) is 17.3. The largest absolute Gasteiger partial charge is 0.489 e. The zero-order valence-corrected chi connectivity index (χ0v) is 43.1. The number of piperidine rings is 1. The Balaban J connectivity index is 0.785. The van der Waals surface area contributed by atoms with Crippen molar-refractivity contribution in [1.29, 1.82) is 0 Å². The van der Waals surface area contributed by atoms with Crippen molar-refractivity contribution < 1.29 is 37.1 Å². The molecule has 4 atom stereocenters. The summed E-state index contributed by atoms with van der Waals surface area (Å²) < 4.78 is 55.1. The van der Waals surface area contributed by atoms with Crippen molar-refractivity contribution in [3.8, 4) is 11.6 Å². The average Bonchev–Trinajstić information content (AvgIpc) is 3.97. The first-order chi connectivity index (χ1) is 37.0. The van der Waals surface area contributed by atoms with Crippen LogP contribution in [0.25, 0.3) is 11.0 Å². The number of aromatic amines is 1. The molecule has 0 unspecified atom stereocenters. The van der Waals surface area contributed by atoms with Gasteiger partial charge in [0.25, 0.3) is 21.6 Å². The fourth-order valence-corrected chi connectivity index (χ4v) is 14.2. The minimum absolute atomic E-state index is 0.0269. The molecule has 3 aromatic carbocycles. The maximum Gasteiger partial charge on any atom is 0.297 e. The first-order valence-electron chi connectivity index (χ1n) is 26.6. The molecule has 21 heteroatoms. The minimum atomic E-state index is -4.70.